The van der Waals surface area contributed by atoms with Gasteiger partial charge in [-0.05, 0) is 43.0 Å². The lowest BCUT2D eigenvalue weighted by Gasteiger charge is -2.26. The molecule has 3 nitrogen and oxygen atoms in total. The summed E-state index contributed by atoms with van der Waals surface area (Å²) in [5.74, 6) is 0. The summed E-state index contributed by atoms with van der Waals surface area (Å²) < 4.78 is 0. The summed E-state index contributed by atoms with van der Waals surface area (Å²) in [4.78, 5) is 10.2. The Morgan fingerprint density at radius 1 is 1.17 bits per heavy atom. The Balaban J connectivity index is 1.41. The van der Waals surface area contributed by atoms with Crippen molar-refractivity contribution in [3.63, 3.8) is 0 Å². The average Bonchev–Trinajstić information content (AvgIpc) is 3.06. The highest BCUT2D eigenvalue weighted by Gasteiger charge is 2.15. The highest BCUT2D eigenvalue weighted by atomic mass is 15.1. The van der Waals surface area contributed by atoms with Crippen LogP contribution in [0.2, 0.25) is 0 Å². The third-order valence-corrected chi connectivity index (χ3v) is 4.93. The summed E-state index contributed by atoms with van der Waals surface area (Å²) in [5.41, 5.74) is 6.50. The number of fused-ring (bicyclic) bond motifs is 1. The van der Waals surface area contributed by atoms with E-state index in [4.69, 9.17) is 0 Å². The van der Waals surface area contributed by atoms with Gasteiger partial charge in [0.05, 0.1) is 0 Å². The van der Waals surface area contributed by atoms with Crippen molar-refractivity contribution < 1.29 is 0 Å². The molecule has 3 heteroatoms. The van der Waals surface area contributed by atoms with E-state index < -0.39 is 0 Å². The fourth-order valence-corrected chi connectivity index (χ4v) is 3.42. The first kappa shape index (κ1) is 15.2. The first-order valence-electron chi connectivity index (χ1n) is 8.69. The molecular formula is C21H23N3. The van der Waals surface area contributed by atoms with Crippen LogP contribution in [-0.2, 0) is 6.42 Å². The molecule has 1 N–H and O–H groups in total. The minimum absolute atomic E-state index is 0.982. The molecule has 1 aromatic carbocycles. The molecule has 0 bridgehead atoms. The van der Waals surface area contributed by atoms with E-state index in [0.717, 1.165) is 38.1 Å². The molecule has 0 unspecified atom stereocenters. The summed E-state index contributed by atoms with van der Waals surface area (Å²) in [6.07, 6.45) is 8.56. The highest BCUT2D eigenvalue weighted by molar-refractivity contribution is 5.90. The third kappa shape index (κ3) is 3.13. The summed E-state index contributed by atoms with van der Waals surface area (Å²) in [7, 11) is 0. The van der Waals surface area contributed by atoms with Crippen molar-refractivity contribution in [2.24, 2.45) is 0 Å². The zero-order valence-corrected chi connectivity index (χ0v) is 14.1. The molecule has 0 amide bonds. The second kappa shape index (κ2) is 6.62. The van der Waals surface area contributed by atoms with Gasteiger partial charge >= 0.3 is 0 Å². The fraction of sp³-hybridized carbons (Fsp3) is 0.286. The van der Waals surface area contributed by atoms with Crippen molar-refractivity contribution in [2.75, 3.05) is 19.6 Å². The van der Waals surface area contributed by atoms with Crippen LogP contribution in [0.1, 0.15) is 23.1 Å². The topological polar surface area (TPSA) is 31.9 Å². The number of hydrogen-bond acceptors (Lipinski definition) is 2. The maximum atomic E-state index is 4.39. The van der Waals surface area contributed by atoms with E-state index in [0.29, 0.717) is 0 Å². The lowest BCUT2D eigenvalue weighted by Crippen LogP contribution is -2.30. The van der Waals surface area contributed by atoms with Gasteiger partial charge in [-0.25, -0.2) is 4.98 Å². The van der Waals surface area contributed by atoms with Crippen LogP contribution in [0, 0.1) is 6.92 Å². The first-order valence-corrected chi connectivity index (χ1v) is 8.69. The summed E-state index contributed by atoms with van der Waals surface area (Å²) >= 11 is 0. The van der Waals surface area contributed by atoms with E-state index in [9.17, 15) is 0 Å². The Labute approximate surface area is 143 Å². The smallest absolute Gasteiger partial charge is 0.137 e. The van der Waals surface area contributed by atoms with Crippen molar-refractivity contribution in [3.8, 4) is 0 Å². The minimum Gasteiger partial charge on any atom is -0.346 e. The van der Waals surface area contributed by atoms with E-state index >= 15 is 0 Å². The van der Waals surface area contributed by atoms with Crippen molar-refractivity contribution in [1.82, 2.24) is 14.9 Å². The quantitative estimate of drug-likeness (QED) is 0.782. The molecule has 0 spiro atoms. The molecule has 4 rings (SSSR count). The standard InChI is InChI=1S/C21H23N3/c1-16-4-6-17(7-5-16)8-12-24-13-9-18(10-14-24)20-15-23-21-19(20)3-2-11-22-21/h2-7,9,11,15H,8,10,12-14H2,1H3,(H,22,23). The number of nitrogens with one attached hydrogen (secondary N) is 1. The minimum atomic E-state index is 0.982. The summed E-state index contributed by atoms with van der Waals surface area (Å²) in [6.45, 7) is 5.43. The van der Waals surface area contributed by atoms with Crippen molar-refractivity contribution in [3.05, 3.63) is 71.6 Å². The van der Waals surface area contributed by atoms with Crippen LogP contribution in [0.25, 0.3) is 16.6 Å². The molecule has 0 radical (unpaired) electrons. The van der Waals surface area contributed by atoms with Gasteiger partial charge in [0.2, 0.25) is 0 Å². The SMILES string of the molecule is Cc1ccc(CCN2CC=C(c3c[nH]c4ncccc34)CC2)cc1. The summed E-state index contributed by atoms with van der Waals surface area (Å²) in [6, 6.07) is 13.1. The molecule has 122 valence electrons. The van der Waals surface area contributed by atoms with Crippen LogP contribution in [0.5, 0.6) is 0 Å². The zero-order valence-electron chi connectivity index (χ0n) is 14.1. The van der Waals surface area contributed by atoms with E-state index in [-0.39, 0.29) is 0 Å². The van der Waals surface area contributed by atoms with Gasteiger partial charge in [0.1, 0.15) is 5.65 Å². The third-order valence-electron chi connectivity index (χ3n) is 4.93. The van der Waals surface area contributed by atoms with Crippen molar-refractivity contribution >= 4 is 16.6 Å². The second-order valence-corrected chi connectivity index (χ2v) is 6.62. The fourth-order valence-electron chi connectivity index (χ4n) is 3.42. The number of aromatic nitrogens is 2. The Morgan fingerprint density at radius 3 is 2.83 bits per heavy atom. The lowest BCUT2D eigenvalue weighted by molar-refractivity contribution is 0.306. The number of hydrogen-bond donors (Lipinski definition) is 1. The molecule has 0 fully saturated rings. The van der Waals surface area contributed by atoms with Gasteiger partial charge in [-0.2, -0.15) is 0 Å². The zero-order chi connectivity index (χ0) is 16.4. The van der Waals surface area contributed by atoms with Gasteiger partial charge in [0, 0.05) is 43.0 Å². The largest absolute Gasteiger partial charge is 0.346 e. The van der Waals surface area contributed by atoms with Gasteiger partial charge in [0.25, 0.3) is 0 Å². The summed E-state index contributed by atoms with van der Waals surface area (Å²) in [5, 5.41) is 1.23. The Bertz CT molecular complexity index is 858. The predicted molar refractivity (Wildman–Crippen MR) is 100 cm³/mol. The molecule has 0 aliphatic carbocycles. The molecule has 1 aliphatic heterocycles. The maximum Gasteiger partial charge on any atom is 0.137 e. The molecular weight excluding hydrogens is 294 g/mol. The van der Waals surface area contributed by atoms with E-state index in [2.05, 4.69) is 64.4 Å². The van der Waals surface area contributed by atoms with Crippen LogP contribution in [0.3, 0.4) is 0 Å². The van der Waals surface area contributed by atoms with Crippen molar-refractivity contribution in [1.29, 1.82) is 0 Å². The average molecular weight is 317 g/mol. The lowest BCUT2D eigenvalue weighted by atomic mass is 9.99. The van der Waals surface area contributed by atoms with Crippen LogP contribution in [0.15, 0.2) is 54.9 Å². The molecule has 3 aromatic rings. The Morgan fingerprint density at radius 2 is 2.04 bits per heavy atom. The van der Waals surface area contributed by atoms with Crippen LogP contribution in [0.4, 0.5) is 0 Å². The number of aryl methyl sites for hydroxylation is 1. The van der Waals surface area contributed by atoms with Gasteiger partial charge < -0.3 is 4.98 Å². The van der Waals surface area contributed by atoms with Gasteiger partial charge in [-0.3, -0.25) is 4.90 Å². The van der Waals surface area contributed by atoms with Crippen molar-refractivity contribution in [2.45, 2.75) is 19.8 Å². The Kier molecular flexibility index (Phi) is 4.18. The number of pyridine rings is 1. The predicted octanol–water partition coefficient (Wildman–Crippen LogP) is 4.20. The molecule has 0 atom stereocenters. The number of rotatable bonds is 4. The first-order chi connectivity index (χ1) is 11.8. The van der Waals surface area contributed by atoms with Crippen LogP contribution in [-0.4, -0.2) is 34.5 Å². The number of H-pyrrole nitrogens is 1. The van der Waals surface area contributed by atoms with Gasteiger partial charge in [-0.1, -0.05) is 35.9 Å². The highest BCUT2D eigenvalue weighted by Crippen LogP contribution is 2.28. The number of benzene rings is 1. The second-order valence-electron chi connectivity index (χ2n) is 6.62. The molecule has 24 heavy (non-hydrogen) atoms. The molecule has 2 aromatic heterocycles. The Hall–Kier alpha value is -2.39. The van der Waals surface area contributed by atoms with E-state index in [1.165, 1.54) is 27.6 Å². The van der Waals surface area contributed by atoms with E-state index in [1.807, 2.05) is 12.3 Å². The van der Waals surface area contributed by atoms with Crippen LogP contribution >= 0.6 is 0 Å². The molecule has 3 heterocycles. The number of nitrogens with zero attached hydrogens (tertiary/aromatic N) is 2. The number of aromatic amines is 1. The van der Waals surface area contributed by atoms with Gasteiger partial charge in [0.15, 0.2) is 0 Å². The molecule has 0 saturated heterocycles. The maximum absolute atomic E-state index is 4.39. The van der Waals surface area contributed by atoms with Crippen LogP contribution < -0.4 is 0 Å². The monoisotopic (exact) mass is 317 g/mol. The van der Waals surface area contributed by atoms with Gasteiger partial charge in [-0.15, -0.1) is 0 Å². The molecule has 1 aliphatic rings. The molecule has 0 saturated carbocycles. The normalized spacial score (nSPS) is 15.6. The van der Waals surface area contributed by atoms with E-state index in [1.54, 1.807) is 0 Å².